The Morgan fingerprint density at radius 1 is 1.59 bits per heavy atom. The van der Waals surface area contributed by atoms with E-state index < -0.39 is 11.4 Å². The maximum Gasteiger partial charge on any atom is 0.310 e. The van der Waals surface area contributed by atoms with Gasteiger partial charge < -0.3 is 10.4 Å². The Kier molecular flexibility index (Phi) is 4.13. The zero-order chi connectivity index (χ0) is 13.1. The first-order valence-corrected chi connectivity index (χ1v) is 5.83. The highest BCUT2D eigenvalue weighted by Gasteiger charge is 2.26. The summed E-state index contributed by atoms with van der Waals surface area (Å²) in [7, 11) is 0. The second-order valence-corrected chi connectivity index (χ2v) is 5.26. The SMILES string of the molecule is CC(C)(CNc1ccc(Br)cc1C#N)C(=O)O. The van der Waals surface area contributed by atoms with Crippen LogP contribution >= 0.6 is 15.9 Å². The van der Waals surface area contributed by atoms with Crippen molar-refractivity contribution in [2.45, 2.75) is 13.8 Å². The van der Waals surface area contributed by atoms with Gasteiger partial charge in [0, 0.05) is 11.0 Å². The summed E-state index contributed by atoms with van der Waals surface area (Å²) < 4.78 is 0.817. The first-order chi connectivity index (χ1) is 7.86. The molecule has 0 heterocycles. The summed E-state index contributed by atoms with van der Waals surface area (Å²) in [4.78, 5) is 10.9. The lowest BCUT2D eigenvalue weighted by molar-refractivity contribution is -0.146. The molecule has 0 amide bonds. The summed E-state index contributed by atoms with van der Waals surface area (Å²) in [6.07, 6.45) is 0. The molecule has 0 aliphatic rings. The summed E-state index contributed by atoms with van der Waals surface area (Å²) in [5.74, 6) is -0.874. The molecule has 0 saturated carbocycles. The van der Waals surface area contributed by atoms with E-state index in [1.54, 1.807) is 32.0 Å². The van der Waals surface area contributed by atoms with Gasteiger partial charge in [-0.1, -0.05) is 15.9 Å². The van der Waals surface area contributed by atoms with E-state index in [4.69, 9.17) is 10.4 Å². The van der Waals surface area contributed by atoms with Gasteiger partial charge in [-0.3, -0.25) is 4.79 Å². The van der Waals surface area contributed by atoms with Crippen LogP contribution in [0.25, 0.3) is 0 Å². The Morgan fingerprint density at radius 2 is 2.24 bits per heavy atom. The van der Waals surface area contributed by atoms with Gasteiger partial charge in [0.1, 0.15) is 6.07 Å². The molecule has 5 heteroatoms. The summed E-state index contributed by atoms with van der Waals surface area (Å²) >= 11 is 3.28. The van der Waals surface area contributed by atoms with Gasteiger partial charge in [0.05, 0.1) is 16.7 Å². The van der Waals surface area contributed by atoms with Gasteiger partial charge in [0.15, 0.2) is 0 Å². The van der Waals surface area contributed by atoms with Gasteiger partial charge in [0.25, 0.3) is 0 Å². The fourth-order valence-electron chi connectivity index (χ4n) is 1.15. The fourth-order valence-corrected chi connectivity index (χ4v) is 1.52. The predicted octanol–water partition coefficient (Wildman–Crippen LogP) is 2.84. The van der Waals surface area contributed by atoms with Gasteiger partial charge in [0.2, 0.25) is 0 Å². The van der Waals surface area contributed by atoms with Crippen LogP contribution in [0.5, 0.6) is 0 Å². The molecule has 0 aliphatic heterocycles. The molecule has 0 aliphatic carbocycles. The highest BCUT2D eigenvalue weighted by molar-refractivity contribution is 9.10. The van der Waals surface area contributed by atoms with Crippen LogP contribution in [0.3, 0.4) is 0 Å². The maximum atomic E-state index is 10.9. The van der Waals surface area contributed by atoms with Crippen molar-refractivity contribution in [3.8, 4) is 6.07 Å². The molecule has 0 saturated heterocycles. The molecule has 4 nitrogen and oxygen atoms in total. The Morgan fingerprint density at radius 3 is 2.76 bits per heavy atom. The first-order valence-electron chi connectivity index (χ1n) is 5.04. The van der Waals surface area contributed by atoms with Crippen molar-refractivity contribution in [2.24, 2.45) is 5.41 Å². The van der Waals surface area contributed by atoms with E-state index in [0.717, 1.165) is 4.47 Å². The largest absolute Gasteiger partial charge is 0.481 e. The lowest BCUT2D eigenvalue weighted by Crippen LogP contribution is -2.31. The van der Waals surface area contributed by atoms with Gasteiger partial charge >= 0.3 is 5.97 Å². The van der Waals surface area contributed by atoms with Crippen molar-refractivity contribution >= 4 is 27.6 Å². The van der Waals surface area contributed by atoms with Crippen molar-refractivity contribution in [3.05, 3.63) is 28.2 Å². The summed E-state index contributed by atoms with van der Waals surface area (Å²) in [6.45, 7) is 3.53. The number of nitrogens with one attached hydrogen (secondary N) is 1. The number of carboxylic acid groups (broad SMARTS) is 1. The third-order valence-electron chi connectivity index (χ3n) is 2.40. The van der Waals surface area contributed by atoms with E-state index >= 15 is 0 Å². The standard InChI is InChI=1S/C12H13BrN2O2/c1-12(2,11(16)17)7-15-10-4-3-9(13)5-8(10)6-14/h3-5,15H,7H2,1-2H3,(H,16,17). The molecule has 17 heavy (non-hydrogen) atoms. The summed E-state index contributed by atoms with van der Waals surface area (Å²) in [6, 6.07) is 7.31. The monoisotopic (exact) mass is 296 g/mol. The predicted molar refractivity (Wildman–Crippen MR) is 68.8 cm³/mol. The van der Waals surface area contributed by atoms with Gasteiger partial charge in [-0.05, 0) is 32.0 Å². The molecule has 0 fully saturated rings. The van der Waals surface area contributed by atoms with Gasteiger partial charge in [-0.2, -0.15) is 5.26 Å². The zero-order valence-electron chi connectivity index (χ0n) is 9.62. The van der Waals surface area contributed by atoms with Crippen molar-refractivity contribution in [1.82, 2.24) is 0 Å². The molecule has 1 aromatic carbocycles. The molecule has 0 bridgehead atoms. The van der Waals surface area contributed by atoms with E-state index in [2.05, 4.69) is 27.3 Å². The zero-order valence-corrected chi connectivity index (χ0v) is 11.2. The van der Waals surface area contributed by atoms with Crippen LogP contribution in [-0.4, -0.2) is 17.6 Å². The molecule has 0 radical (unpaired) electrons. The number of carboxylic acids is 1. The van der Waals surface area contributed by atoms with Crippen LogP contribution in [0.4, 0.5) is 5.69 Å². The van der Waals surface area contributed by atoms with Crippen LogP contribution in [0, 0.1) is 16.7 Å². The fraction of sp³-hybridized carbons (Fsp3) is 0.333. The molecule has 0 unspecified atom stereocenters. The number of anilines is 1. The number of halogens is 1. The van der Waals surface area contributed by atoms with Gasteiger partial charge in [-0.15, -0.1) is 0 Å². The molecular weight excluding hydrogens is 284 g/mol. The molecule has 90 valence electrons. The van der Waals surface area contributed by atoms with Crippen molar-refractivity contribution in [3.63, 3.8) is 0 Å². The number of nitrogens with zero attached hydrogens (tertiary/aromatic N) is 1. The van der Waals surface area contributed by atoms with Crippen LogP contribution < -0.4 is 5.32 Å². The number of aliphatic carboxylic acids is 1. The van der Waals surface area contributed by atoms with Crippen LogP contribution in [0.15, 0.2) is 22.7 Å². The molecule has 2 N–H and O–H groups in total. The Labute approximate surface area is 108 Å². The van der Waals surface area contributed by atoms with Crippen molar-refractivity contribution < 1.29 is 9.90 Å². The number of benzene rings is 1. The van der Waals surface area contributed by atoms with E-state index in [0.29, 0.717) is 11.3 Å². The van der Waals surface area contributed by atoms with Crippen LogP contribution in [-0.2, 0) is 4.79 Å². The van der Waals surface area contributed by atoms with E-state index in [1.807, 2.05) is 0 Å². The molecule has 0 atom stereocenters. The highest BCUT2D eigenvalue weighted by atomic mass is 79.9. The van der Waals surface area contributed by atoms with E-state index in [9.17, 15) is 4.79 Å². The number of hydrogen-bond donors (Lipinski definition) is 2. The minimum absolute atomic E-state index is 0.263. The first kappa shape index (κ1) is 13.5. The minimum Gasteiger partial charge on any atom is -0.481 e. The lowest BCUT2D eigenvalue weighted by atomic mass is 9.93. The maximum absolute atomic E-state index is 10.9. The van der Waals surface area contributed by atoms with Crippen LogP contribution in [0.2, 0.25) is 0 Å². The lowest BCUT2D eigenvalue weighted by Gasteiger charge is -2.20. The van der Waals surface area contributed by atoms with Crippen LogP contribution in [0.1, 0.15) is 19.4 Å². The average Bonchev–Trinajstić information content (AvgIpc) is 2.27. The number of carbonyl (C=O) groups is 1. The molecule has 1 rings (SSSR count). The summed E-state index contributed by atoms with van der Waals surface area (Å²) in [5, 5.41) is 20.9. The Balaban J connectivity index is 2.84. The molecule has 0 spiro atoms. The molecule has 0 aromatic heterocycles. The third-order valence-corrected chi connectivity index (χ3v) is 2.90. The third kappa shape index (κ3) is 3.46. The normalized spacial score (nSPS) is 10.7. The van der Waals surface area contributed by atoms with Gasteiger partial charge in [-0.25, -0.2) is 0 Å². The molecular formula is C12H13BrN2O2. The Bertz CT molecular complexity index is 478. The van der Waals surface area contributed by atoms with E-state index in [1.165, 1.54) is 0 Å². The highest BCUT2D eigenvalue weighted by Crippen LogP contribution is 2.22. The summed E-state index contributed by atoms with van der Waals surface area (Å²) in [5.41, 5.74) is 0.255. The quantitative estimate of drug-likeness (QED) is 0.896. The number of hydrogen-bond acceptors (Lipinski definition) is 3. The number of rotatable bonds is 4. The van der Waals surface area contributed by atoms with E-state index in [-0.39, 0.29) is 6.54 Å². The second kappa shape index (κ2) is 5.19. The molecule has 1 aromatic rings. The topological polar surface area (TPSA) is 73.1 Å². The minimum atomic E-state index is -0.875. The van der Waals surface area contributed by atoms with Crippen molar-refractivity contribution in [2.75, 3.05) is 11.9 Å². The number of nitriles is 1. The Hall–Kier alpha value is -1.54. The second-order valence-electron chi connectivity index (χ2n) is 4.34. The average molecular weight is 297 g/mol. The van der Waals surface area contributed by atoms with Crippen molar-refractivity contribution in [1.29, 1.82) is 5.26 Å². The smallest absolute Gasteiger partial charge is 0.310 e.